The van der Waals surface area contributed by atoms with Crippen molar-refractivity contribution in [2.45, 2.75) is 12.8 Å². The fourth-order valence-corrected chi connectivity index (χ4v) is 2.11. The molecule has 0 aliphatic carbocycles. The Labute approximate surface area is 138 Å². The molecule has 0 fully saturated rings. The number of hydrogen-bond acceptors (Lipinski definition) is 5. The summed E-state index contributed by atoms with van der Waals surface area (Å²) in [5.74, 6) is -1.11. The standard InChI is InChI=1S/C12H7ClF4N3O3P/c13-10-7(12(15,16)17)4-18-11(20-10)19-9-2-1-6(3-8(9)14)5-23-24(21)22/h1-4H,5H2,(H-,18,19,20,21,22)/p+1. The second-order valence-electron chi connectivity index (χ2n) is 4.35. The van der Waals surface area contributed by atoms with Gasteiger partial charge in [0.25, 0.3) is 0 Å². The van der Waals surface area contributed by atoms with Crippen molar-refractivity contribution in [1.82, 2.24) is 9.97 Å². The minimum Gasteiger partial charge on any atom is -0.322 e. The quantitative estimate of drug-likeness (QED) is 0.456. The molecule has 0 spiro atoms. The van der Waals surface area contributed by atoms with Gasteiger partial charge in [-0.3, -0.25) is 0 Å². The summed E-state index contributed by atoms with van der Waals surface area (Å²) in [6.45, 7) is -0.286. The molecule has 24 heavy (non-hydrogen) atoms. The van der Waals surface area contributed by atoms with E-state index in [1.54, 1.807) is 0 Å². The number of aromatic nitrogens is 2. The molecule has 12 heteroatoms. The number of halogens is 5. The van der Waals surface area contributed by atoms with E-state index in [9.17, 15) is 22.1 Å². The van der Waals surface area contributed by atoms with Crippen molar-refractivity contribution in [2.75, 3.05) is 5.32 Å². The average Bonchev–Trinajstić information content (AvgIpc) is 2.46. The van der Waals surface area contributed by atoms with Crippen LogP contribution in [0.1, 0.15) is 11.1 Å². The maximum absolute atomic E-state index is 13.9. The molecule has 2 N–H and O–H groups in total. The lowest BCUT2D eigenvalue weighted by Gasteiger charge is -2.10. The van der Waals surface area contributed by atoms with Gasteiger partial charge in [-0.05, 0) is 17.7 Å². The van der Waals surface area contributed by atoms with E-state index >= 15 is 0 Å². The predicted octanol–water partition coefficient (Wildman–Crippen LogP) is 4.20. The van der Waals surface area contributed by atoms with Gasteiger partial charge >= 0.3 is 14.4 Å². The first kappa shape index (κ1) is 18.5. The van der Waals surface area contributed by atoms with Crippen molar-refractivity contribution in [1.29, 1.82) is 0 Å². The number of alkyl halides is 3. The molecule has 1 aromatic heterocycles. The van der Waals surface area contributed by atoms with E-state index in [0.29, 0.717) is 6.20 Å². The van der Waals surface area contributed by atoms with Crippen molar-refractivity contribution in [2.24, 2.45) is 0 Å². The summed E-state index contributed by atoms with van der Waals surface area (Å²) in [4.78, 5) is 15.4. The van der Waals surface area contributed by atoms with Crippen LogP contribution in [-0.4, -0.2) is 14.9 Å². The summed E-state index contributed by atoms with van der Waals surface area (Å²) in [5.41, 5.74) is -1.05. The second kappa shape index (κ2) is 7.35. The SMILES string of the molecule is O=[P+](O)OCc1ccc(Nc2ncc(C(F)(F)F)c(Cl)n2)c(F)c1. The van der Waals surface area contributed by atoms with Crippen LogP contribution in [0.4, 0.5) is 29.2 Å². The van der Waals surface area contributed by atoms with Crippen molar-refractivity contribution in [3.8, 4) is 0 Å². The van der Waals surface area contributed by atoms with Crippen molar-refractivity contribution < 1.29 is 31.5 Å². The lowest BCUT2D eigenvalue weighted by atomic mass is 10.2. The number of nitrogens with one attached hydrogen (secondary N) is 1. The molecule has 6 nitrogen and oxygen atoms in total. The highest BCUT2D eigenvalue weighted by molar-refractivity contribution is 7.32. The van der Waals surface area contributed by atoms with E-state index in [-0.39, 0.29) is 23.8 Å². The third-order valence-electron chi connectivity index (χ3n) is 2.67. The van der Waals surface area contributed by atoms with Crippen LogP contribution in [0.3, 0.4) is 0 Å². The average molecular weight is 385 g/mol. The molecule has 0 aliphatic heterocycles. The molecule has 1 aromatic carbocycles. The van der Waals surface area contributed by atoms with E-state index < -0.39 is 31.0 Å². The van der Waals surface area contributed by atoms with Gasteiger partial charge in [-0.2, -0.15) is 13.2 Å². The molecule has 0 bridgehead atoms. The number of benzene rings is 1. The van der Waals surface area contributed by atoms with Gasteiger partial charge in [0, 0.05) is 10.8 Å². The summed E-state index contributed by atoms with van der Waals surface area (Å²) in [5, 5.41) is 1.56. The maximum Gasteiger partial charge on any atom is 0.695 e. The first-order chi connectivity index (χ1) is 11.2. The van der Waals surface area contributed by atoms with Gasteiger partial charge in [-0.1, -0.05) is 17.7 Å². The predicted molar refractivity (Wildman–Crippen MR) is 76.3 cm³/mol. The third-order valence-corrected chi connectivity index (χ3v) is 3.31. The Morgan fingerprint density at radius 3 is 2.62 bits per heavy atom. The highest BCUT2D eigenvalue weighted by atomic mass is 35.5. The molecule has 1 atom stereocenters. The van der Waals surface area contributed by atoms with Crippen LogP contribution in [0, 0.1) is 5.82 Å². The molecule has 0 amide bonds. The van der Waals surface area contributed by atoms with Crippen LogP contribution >= 0.6 is 19.9 Å². The first-order valence-electron chi connectivity index (χ1n) is 6.11. The Kier molecular flexibility index (Phi) is 5.66. The number of anilines is 2. The summed E-state index contributed by atoms with van der Waals surface area (Å²) < 4.78 is 66.4. The monoisotopic (exact) mass is 384 g/mol. The van der Waals surface area contributed by atoms with Gasteiger partial charge in [0.15, 0.2) is 0 Å². The minimum absolute atomic E-state index is 0.122. The normalized spacial score (nSPS) is 12.2. The van der Waals surface area contributed by atoms with Gasteiger partial charge in [0.2, 0.25) is 5.95 Å². The molecule has 2 rings (SSSR count). The molecule has 0 aliphatic rings. The van der Waals surface area contributed by atoms with Crippen LogP contribution < -0.4 is 5.32 Å². The lowest BCUT2D eigenvalue weighted by Crippen LogP contribution is -2.09. The summed E-state index contributed by atoms with van der Waals surface area (Å²) in [6, 6.07) is 3.65. The fourth-order valence-electron chi connectivity index (χ4n) is 1.61. The first-order valence-corrected chi connectivity index (χ1v) is 7.62. The Morgan fingerprint density at radius 1 is 1.38 bits per heavy atom. The highest BCUT2D eigenvalue weighted by Gasteiger charge is 2.34. The van der Waals surface area contributed by atoms with Crippen LogP contribution in [0.15, 0.2) is 24.4 Å². The molecular weight excluding hydrogens is 377 g/mol. The molecular formula is C12H8ClF4N3O3P+. The Hall–Kier alpha value is -1.87. The largest absolute Gasteiger partial charge is 0.695 e. The molecule has 0 saturated heterocycles. The summed E-state index contributed by atoms with van der Waals surface area (Å²) in [7, 11) is -2.81. The molecule has 128 valence electrons. The zero-order valence-electron chi connectivity index (χ0n) is 11.5. The van der Waals surface area contributed by atoms with Gasteiger partial charge in [-0.15, -0.1) is 9.42 Å². The molecule has 0 radical (unpaired) electrons. The van der Waals surface area contributed by atoms with Gasteiger partial charge in [0.1, 0.15) is 23.1 Å². The van der Waals surface area contributed by atoms with Crippen molar-refractivity contribution >= 4 is 31.5 Å². The summed E-state index contributed by atoms with van der Waals surface area (Å²) in [6.07, 6.45) is -4.22. The zero-order chi connectivity index (χ0) is 17.9. The Bertz CT molecular complexity index is 776. The second-order valence-corrected chi connectivity index (χ2v) is 5.44. The van der Waals surface area contributed by atoms with E-state index in [0.717, 1.165) is 6.07 Å². The number of rotatable bonds is 5. The molecule has 1 unspecified atom stereocenters. The smallest absolute Gasteiger partial charge is 0.322 e. The zero-order valence-corrected chi connectivity index (χ0v) is 13.2. The molecule has 2 aromatic rings. The minimum atomic E-state index is -4.70. The van der Waals surface area contributed by atoms with Crippen LogP contribution in [0.2, 0.25) is 5.15 Å². The van der Waals surface area contributed by atoms with Crippen LogP contribution in [0.25, 0.3) is 0 Å². The van der Waals surface area contributed by atoms with E-state index in [2.05, 4.69) is 19.8 Å². The van der Waals surface area contributed by atoms with Gasteiger partial charge in [-0.25, -0.2) is 14.4 Å². The Balaban J connectivity index is 2.16. The van der Waals surface area contributed by atoms with Crippen LogP contribution in [0.5, 0.6) is 0 Å². The number of hydrogen-bond donors (Lipinski definition) is 2. The lowest BCUT2D eigenvalue weighted by molar-refractivity contribution is -0.137. The van der Waals surface area contributed by atoms with Crippen LogP contribution in [-0.2, 0) is 21.9 Å². The maximum atomic E-state index is 13.9. The van der Waals surface area contributed by atoms with Crippen molar-refractivity contribution in [3.63, 3.8) is 0 Å². The molecule has 0 saturated carbocycles. The van der Waals surface area contributed by atoms with Crippen molar-refractivity contribution in [3.05, 3.63) is 46.5 Å². The molecule has 1 heterocycles. The van der Waals surface area contributed by atoms with E-state index in [1.807, 2.05) is 0 Å². The number of nitrogens with zero attached hydrogens (tertiary/aromatic N) is 2. The fraction of sp³-hybridized carbons (Fsp3) is 0.167. The summed E-state index contributed by atoms with van der Waals surface area (Å²) >= 11 is 5.44. The topological polar surface area (TPSA) is 84.3 Å². The van der Waals surface area contributed by atoms with Gasteiger partial charge in [0.05, 0.1) is 5.69 Å². The van der Waals surface area contributed by atoms with Gasteiger partial charge < -0.3 is 5.32 Å². The third kappa shape index (κ3) is 4.81. The van der Waals surface area contributed by atoms with E-state index in [4.69, 9.17) is 16.5 Å². The van der Waals surface area contributed by atoms with E-state index in [1.165, 1.54) is 12.1 Å². The highest BCUT2D eigenvalue weighted by Crippen LogP contribution is 2.33. The Morgan fingerprint density at radius 2 is 2.08 bits per heavy atom.